The predicted molar refractivity (Wildman–Crippen MR) is 74.3 cm³/mol. The molecule has 3 nitrogen and oxygen atoms in total. The van der Waals surface area contributed by atoms with E-state index < -0.39 is 5.54 Å². The molecular weight excluding hydrogens is 262 g/mol. The Labute approximate surface area is 115 Å². The summed E-state index contributed by atoms with van der Waals surface area (Å²) in [6.45, 7) is 0. The average molecular weight is 274 g/mol. The SMILES string of the molecule is O=C=NC1(c2c(O)ccc3cc(Cl)ccc23)CCC1. The Kier molecular flexibility index (Phi) is 2.81. The quantitative estimate of drug-likeness (QED) is 0.666. The van der Waals surface area contributed by atoms with Crippen molar-refractivity contribution in [3.63, 3.8) is 0 Å². The second-order valence-corrected chi connectivity index (χ2v) is 5.35. The fraction of sp³-hybridized carbons (Fsp3) is 0.267. The fourth-order valence-corrected chi connectivity index (χ4v) is 2.98. The Morgan fingerprint density at radius 2 is 2.05 bits per heavy atom. The van der Waals surface area contributed by atoms with Crippen molar-refractivity contribution in [1.29, 1.82) is 0 Å². The van der Waals surface area contributed by atoms with Gasteiger partial charge in [-0.15, -0.1) is 0 Å². The van der Waals surface area contributed by atoms with Crippen LogP contribution >= 0.6 is 11.6 Å². The van der Waals surface area contributed by atoms with Gasteiger partial charge in [0.15, 0.2) is 0 Å². The number of benzene rings is 2. The van der Waals surface area contributed by atoms with Crippen molar-refractivity contribution in [3.8, 4) is 5.75 Å². The van der Waals surface area contributed by atoms with Crippen molar-refractivity contribution in [2.45, 2.75) is 24.8 Å². The highest BCUT2D eigenvalue weighted by Crippen LogP contribution is 2.50. The first-order valence-electron chi connectivity index (χ1n) is 6.17. The molecule has 1 N–H and O–H groups in total. The molecule has 0 amide bonds. The van der Waals surface area contributed by atoms with Gasteiger partial charge in [-0.25, -0.2) is 4.79 Å². The van der Waals surface area contributed by atoms with Crippen molar-refractivity contribution >= 4 is 28.5 Å². The zero-order chi connectivity index (χ0) is 13.5. The zero-order valence-electron chi connectivity index (χ0n) is 10.2. The summed E-state index contributed by atoms with van der Waals surface area (Å²) < 4.78 is 0. The Bertz CT molecular complexity index is 701. The molecule has 19 heavy (non-hydrogen) atoms. The topological polar surface area (TPSA) is 49.7 Å². The van der Waals surface area contributed by atoms with Gasteiger partial charge in [-0.3, -0.25) is 0 Å². The molecule has 0 bridgehead atoms. The van der Waals surface area contributed by atoms with Gasteiger partial charge in [-0.05, 0) is 48.2 Å². The molecule has 0 unspecified atom stereocenters. The highest BCUT2D eigenvalue weighted by Gasteiger charge is 2.42. The highest BCUT2D eigenvalue weighted by molar-refractivity contribution is 6.31. The van der Waals surface area contributed by atoms with E-state index in [1.807, 2.05) is 18.2 Å². The standard InChI is InChI=1S/C15H12ClNO2/c16-11-3-4-12-10(8-11)2-5-13(19)14(12)15(17-9-18)6-1-7-15/h2-5,8,19H,1,6-7H2. The largest absolute Gasteiger partial charge is 0.508 e. The molecule has 0 spiro atoms. The minimum atomic E-state index is -0.612. The lowest BCUT2D eigenvalue weighted by Gasteiger charge is -2.38. The molecule has 0 saturated heterocycles. The van der Waals surface area contributed by atoms with Gasteiger partial charge in [0.1, 0.15) is 11.3 Å². The summed E-state index contributed by atoms with van der Waals surface area (Å²) in [6, 6.07) is 8.94. The molecule has 1 aliphatic rings. The lowest BCUT2D eigenvalue weighted by atomic mass is 9.70. The molecule has 1 saturated carbocycles. The summed E-state index contributed by atoms with van der Waals surface area (Å²) in [5.41, 5.74) is 0.107. The maximum Gasteiger partial charge on any atom is 0.235 e. The number of fused-ring (bicyclic) bond motifs is 1. The van der Waals surface area contributed by atoms with Crippen LogP contribution in [0.1, 0.15) is 24.8 Å². The van der Waals surface area contributed by atoms with Gasteiger partial charge in [-0.2, -0.15) is 4.99 Å². The number of phenols is 1. The molecule has 2 aromatic carbocycles. The van der Waals surface area contributed by atoms with E-state index in [2.05, 4.69) is 4.99 Å². The molecule has 2 aromatic rings. The predicted octanol–water partition coefficient (Wildman–Crippen LogP) is 3.91. The lowest BCUT2D eigenvalue weighted by molar-refractivity contribution is 0.250. The number of isocyanates is 1. The van der Waals surface area contributed by atoms with E-state index in [1.54, 1.807) is 18.2 Å². The maximum absolute atomic E-state index is 10.7. The van der Waals surface area contributed by atoms with E-state index in [-0.39, 0.29) is 5.75 Å². The maximum atomic E-state index is 10.7. The van der Waals surface area contributed by atoms with E-state index in [4.69, 9.17) is 11.6 Å². The third-order valence-corrected chi connectivity index (χ3v) is 4.10. The third-order valence-electron chi connectivity index (χ3n) is 3.87. The first kappa shape index (κ1) is 12.2. The lowest BCUT2D eigenvalue weighted by Crippen LogP contribution is -2.32. The summed E-state index contributed by atoms with van der Waals surface area (Å²) in [5.74, 6) is 0.175. The molecule has 1 aliphatic carbocycles. The second-order valence-electron chi connectivity index (χ2n) is 4.91. The van der Waals surface area contributed by atoms with Gasteiger partial charge < -0.3 is 5.11 Å². The van der Waals surface area contributed by atoms with Crippen LogP contribution in [0.15, 0.2) is 35.3 Å². The number of rotatable bonds is 2. The third kappa shape index (κ3) is 1.83. The number of nitrogens with zero attached hydrogens (tertiary/aromatic N) is 1. The molecular formula is C15H12ClNO2. The van der Waals surface area contributed by atoms with Crippen LogP contribution in [0.5, 0.6) is 5.75 Å². The molecule has 0 atom stereocenters. The molecule has 0 heterocycles. The normalized spacial score (nSPS) is 16.7. The van der Waals surface area contributed by atoms with E-state index in [0.717, 1.165) is 35.6 Å². The second kappa shape index (κ2) is 4.37. The van der Waals surface area contributed by atoms with Crippen LogP contribution in [0.2, 0.25) is 5.02 Å². The summed E-state index contributed by atoms with van der Waals surface area (Å²) in [4.78, 5) is 14.7. The van der Waals surface area contributed by atoms with Crippen molar-refractivity contribution in [1.82, 2.24) is 0 Å². The number of carbonyl (C=O) groups excluding carboxylic acids is 1. The average Bonchev–Trinajstić information content (AvgIpc) is 2.35. The van der Waals surface area contributed by atoms with Gasteiger partial charge in [-0.1, -0.05) is 23.7 Å². The molecule has 3 rings (SSSR count). The minimum Gasteiger partial charge on any atom is -0.508 e. The van der Waals surface area contributed by atoms with Crippen LogP contribution in [0.3, 0.4) is 0 Å². The van der Waals surface area contributed by atoms with Gasteiger partial charge >= 0.3 is 0 Å². The molecule has 96 valence electrons. The van der Waals surface area contributed by atoms with Gasteiger partial charge in [0.25, 0.3) is 0 Å². The number of hydrogen-bond acceptors (Lipinski definition) is 3. The number of aliphatic imine (C=N–C) groups is 1. The van der Waals surface area contributed by atoms with Gasteiger partial charge in [0.05, 0.1) is 0 Å². The summed E-state index contributed by atoms with van der Waals surface area (Å²) in [6.07, 6.45) is 4.17. The highest BCUT2D eigenvalue weighted by atomic mass is 35.5. The number of hydrogen-bond donors (Lipinski definition) is 1. The van der Waals surface area contributed by atoms with Crippen LogP contribution in [0.4, 0.5) is 0 Å². The number of aromatic hydroxyl groups is 1. The first-order chi connectivity index (χ1) is 9.16. The Morgan fingerprint density at radius 3 is 2.68 bits per heavy atom. The van der Waals surface area contributed by atoms with Crippen molar-refractivity contribution in [3.05, 3.63) is 40.9 Å². The Morgan fingerprint density at radius 1 is 1.26 bits per heavy atom. The van der Waals surface area contributed by atoms with Crippen LogP contribution in [-0.2, 0) is 10.3 Å². The van der Waals surface area contributed by atoms with E-state index in [1.165, 1.54) is 0 Å². The number of phenolic OH excluding ortho intramolecular Hbond substituents is 1. The smallest absolute Gasteiger partial charge is 0.235 e. The van der Waals surface area contributed by atoms with Gasteiger partial charge in [0, 0.05) is 10.6 Å². The van der Waals surface area contributed by atoms with E-state index in [9.17, 15) is 9.90 Å². The monoisotopic (exact) mass is 273 g/mol. The summed E-state index contributed by atoms with van der Waals surface area (Å²) in [5, 5.41) is 12.7. The van der Waals surface area contributed by atoms with Crippen molar-refractivity contribution in [2.24, 2.45) is 4.99 Å². The fourth-order valence-electron chi connectivity index (χ4n) is 2.79. The van der Waals surface area contributed by atoms with Crippen LogP contribution in [-0.4, -0.2) is 11.2 Å². The first-order valence-corrected chi connectivity index (χ1v) is 6.55. The zero-order valence-corrected chi connectivity index (χ0v) is 10.9. The molecule has 0 radical (unpaired) electrons. The number of halogens is 1. The van der Waals surface area contributed by atoms with Crippen molar-refractivity contribution in [2.75, 3.05) is 0 Å². The van der Waals surface area contributed by atoms with Crippen LogP contribution < -0.4 is 0 Å². The van der Waals surface area contributed by atoms with Gasteiger partial charge in [0.2, 0.25) is 6.08 Å². The van der Waals surface area contributed by atoms with Crippen LogP contribution in [0.25, 0.3) is 10.8 Å². The Balaban J connectivity index is 2.33. The summed E-state index contributed by atoms with van der Waals surface area (Å²) in [7, 11) is 0. The van der Waals surface area contributed by atoms with E-state index >= 15 is 0 Å². The molecule has 0 aromatic heterocycles. The van der Waals surface area contributed by atoms with Crippen LogP contribution in [0, 0.1) is 0 Å². The minimum absolute atomic E-state index is 0.175. The molecule has 1 fully saturated rings. The Hall–Kier alpha value is -1.83. The molecule has 0 aliphatic heterocycles. The van der Waals surface area contributed by atoms with Crippen molar-refractivity contribution < 1.29 is 9.90 Å². The molecule has 4 heteroatoms. The summed E-state index contributed by atoms with van der Waals surface area (Å²) >= 11 is 5.99. The van der Waals surface area contributed by atoms with E-state index in [0.29, 0.717) is 5.02 Å².